The lowest BCUT2D eigenvalue weighted by atomic mass is 10.3. The maximum atomic E-state index is 12.1. The van der Waals surface area contributed by atoms with Crippen molar-refractivity contribution in [1.29, 1.82) is 0 Å². The highest BCUT2D eigenvalue weighted by atomic mass is 35.5. The fourth-order valence-corrected chi connectivity index (χ4v) is 2.77. The Kier molecular flexibility index (Phi) is 6.96. The number of halogens is 1. The summed E-state index contributed by atoms with van der Waals surface area (Å²) in [6.07, 6.45) is 0. The average Bonchev–Trinajstić information content (AvgIpc) is 2.61. The van der Waals surface area contributed by atoms with E-state index in [4.69, 9.17) is 16.3 Å². The molecule has 0 aromatic heterocycles. The zero-order valence-electron chi connectivity index (χ0n) is 13.0. The Morgan fingerprint density at radius 2 is 1.75 bits per heavy atom. The lowest BCUT2D eigenvalue weighted by molar-refractivity contribution is -0.114. The van der Waals surface area contributed by atoms with Crippen molar-refractivity contribution in [1.82, 2.24) is 0 Å². The van der Waals surface area contributed by atoms with Crippen LogP contribution >= 0.6 is 23.4 Å². The smallest absolute Gasteiger partial charge is 0.239 e. The quantitative estimate of drug-likeness (QED) is 0.582. The number of alkyl halides is 1. The zero-order chi connectivity index (χ0) is 17.4. The van der Waals surface area contributed by atoms with Gasteiger partial charge in [-0.25, -0.2) is 0 Å². The van der Waals surface area contributed by atoms with Gasteiger partial charge >= 0.3 is 0 Å². The van der Waals surface area contributed by atoms with Crippen LogP contribution in [-0.4, -0.2) is 30.6 Å². The molecule has 0 saturated carbocycles. The minimum atomic E-state index is -0.285. The molecule has 0 aliphatic carbocycles. The number of benzene rings is 2. The maximum absolute atomic E-state index is 12.1. The number of para-hydroxylation sites is 1. The molecule has 0 aliphatic rings. The molecule has 2 N–H and O–H groups in total. The average molecular weight is 365 g/mol. The Morgan fingerprint density at radius 3 is 2.42 bits per heavy atom. The summed E-state index contributed by atoms with van der Waals surface area (Å²) in [6, 6.07) is 14.4. The molecule has 0 unspecified atom stereocenters. The van der Waals surface area contributed by atoms with Crippen LogP contribution in [-0.2, 0) is 9.59 Å². The molecule has 5 nitrogen and oxygen atoms in total. The van der Waals surface area contributed by atoms with Gasteiger partial charge in [-0.1, -0.05) is 12.1 Å². The predicted molar refractivity (Wildman–Crippen MR) is 98.1 cm³/mol. The number of amides is 2. The Bertz CT molecular complexity index is 707. The van der Waals surface area contributed by atoms with Crippen molar-refractivity contribution in [2.45, 2.75) is 4.90 Å². The van der Waals surface area contributed by atoms with Gasteiger partial charge in [0.2, 0.25) is 11.8 Å². The van der Waals surface area contributed by atoms with E-state index < -0.39 is 0 Å². The third-order valence-electron chi connectivity index (χ3n) is 3.02. The molecule has 2 rings (SSSR count). The summed E-state index contributed by atoms with van der Waals surface area (Å²) in [6.45, 7) is 0. The van der Waals surface area contributed by atoms with E-state index in [0.717, 1.165) is 10.6 Å². The van der Waals surface area contributed by atoms with Crippen LogP contribution in [0.4, 0.5) is 11.4 Å². The highest BCUT2D eigenvalue weighted by Gasteiger charge is 2.09. The lowest BCUT2D eigenvalue weighted by Crippen LogP contribution is -2.15. The molecule has 24 heavy (non-hydrogen) atoms. The van der Waals surface area contributed by atoms with Gasteiger partial charge in [0.25, 0.3) is 0 Å². The third-order valence-corrected chi connectivity index (χ3v) is 4.33. The van der Waals surface area contributed by atoms with E-state index in [-0.39, 0.29) is 23.4 Å². The summed E-state index contributed by atoms with van der Waals surface area (Å²) in [5, 5.41) is 5.52. The predicted octanol–water partition coefficient (Wildman–Crippen LogP) is 3.60. The van der Waals surface area contributed by atoms with Crippen molar-refractivity contribution in [2.24, 2.45) is 0 Å². The first-order chi connectivity index (χ1) is 11.6. The molecule has 0 heterocycles. The van der Waals surface area contributed by atoms with Gasteiger partial charge < -0.3 is 15.4 Å². The van der Waals surface area contributed by atoms with Crippen LogP contribution in [0.1, 0.15) is 0 Å². The van der Waals surface area contributed by atoms with Crippen LogP contribution in [0, 0.1) is 0 Å². The Morgan fingerprint density at radius 1 is 1.04 bits per heavy atom. The van der Waals surface area contributed by atoms with Gasteiger partial charge in [0, 0.05) is 10.6 Å². The number of carbonyl (C=O) groups is 2. The molecule has 126 valence electrons. The third kappa shape index (κ3) is 5.47. The number of ether oxygens (including phenoxy) is 1. The topological polar surface area (TPSA) is 67.4 Å². The van der Waals surface area contributed by atoms with Crippen molar-refractivity contribution in [3.8, 4) is 5.75 Å². The van der Waals surface area contributed by atoms with Gasteiger partial charge in [0.05, 0.1) is 18.6 Å². The fraction of sp³-hybridized carbons (Fsp3) is 0.176. The molecule has 7 heteroatoms. The van der Waals surface area contributed by atoms with Gasteiger partial charge in [-0.3, -0.25) is 9.59 Å². The lowest BCUT2D eigenvalue weighted by Gasteiger charge is -2.10. The first kappa shape index (κ1) is 18.2. The molecule has 0 saturated heterocycles. The van der Waals surface area contributed by atoms with E-state index >= 15 is 0 Å². The Balaban J connectivity index is 1.92. The van der Waals surface area contributed by atoms with Crippen LogP contribution in [0.15, 0.2) is 53.4 Å². The number of thioether (sulfide) groups is 1. The highest BCUT2D eigenvalue weighted by molar-refractivity contribution is 8.00. The number of nitrogens with one attached hydrogen (secondary N) is 2. The number of methoxy groups -OCH3 is 1. The summed E-state index contributed by atoms with van der Waals surface area (Å²) in [5.74, 6) is 0.416. The van der Waals surface area contributed by atoms with Crippen molar-refractivity contribution < 1.29 is 14.3 Å². The summed E-state index contributed by atoms with van der Waals surface area (Å²) < 4.78 is 5.07. The van der Waals surface area contributed by atoms with Gasteiger partial charge in [-0.15, -0.1) is 23.4 Å². The van der Waals surface area contributed by atoms with E-state index in [1.807, 2.05) is 18.2 Å². The van der Waals surface area contributed by atoms with E-state index in [9.17, 15) is 9.59 Å². The minimum Gasteiger partial charge on any atom is -0.497 e. The normalized spacial score (nSPS) is 10.1. The second-order valence-corrected chi connectivity index (χ2v) is 6.03. The highest BCUT2D eigenvalue weighted by Crippen LogP contribution is 2.27. The molecule has 0 radical (unpaired) electrons. The molecular formula is C17H17ClN2O3S. The van der Waals surface area contributed by atoms with E-state index in [2.05, 4.69) is 10.6 Å². The van der Waals surface area contributed by atoms with Crippen LogP contribution in [0.5, 0.6) is 5.75 Å². The monoisotopic (exact) mass is 364 g/mol. The van der Waals surface area contributed by atoms with E-state index in [0.29, 0.717) is 11.4 Å². The first-order valence-electron chi connectivity index (χ1n) is 7.14. The Hall–Kier alpha value is -2.18. The van der Waals surface area contributed by atoms with Gasteiger partial charge in [-0.05, 0) is 36.4 Å². The van der Waals surface area contributed by atoms with E-state index in [1.54, 1.807) is 37.4 Å². The SMILES string of the molecule is COc1ccc(NC(=O)CSc2ccccc2NC(=O)CCl)cc1. The summed E-state index contributed by atoms with van der Waals surface area (Å²) in [4.78, 5) is 24.3. The molecule has 0 aliphatic heterocycles. The van der Waals surface area contributed by atoms with Crippen molar-refractivity contribution >= 4 is 46.6 Å². The van der Waals surface area contributed by atoms with Crippen molar-refractivity contribution in [2.75, 3.05) is 29.4 Å². The van der Waals surface area contributed by atoms with Crippen LogP contribution in [0.3, 0.4) is 0 Å². The van der Waals surface area contributed by atoms with Crippen LogP contribution in [0.2, 0.25) is 0 Å². The molecule has 0 bridgehead atoms. The summed E-state index contributed by atoms with van der Waals surface area (Å²) in [5.41, 5.74) is 1.34. The summed E-state index contributed by atoms with van der Waals surface area (Å²) in [7, 11) is 1.59. The summed E-state index contributed by atoms with van der Waals surface area (Å²) >= 11 is 6.84. The standard InChI is InChI=1S/C17H17ClN2O3S/c1-23-13-8-6-12(7-9-13)19-17(22)11-24-15-5-3-2-4-14(15)20-16(21)10-18/h2-9H,10-11H2,1H3,(H,19,22)(H,20,21). The number of hydrogen-bond donors (Lipinski definition) is 2. The maximum Gasteiger partial charge on any atom is 0.239 e. The first-order valence-corrected chi connectivity index (χ1v) is 8.66. The van der Waals surface area contributed by atoms with E-state index in [1.165, 1.54) is 11.8 Å². The van der Waals surface area contributed by atoms with Crippen LogP contribution in [0.25, 0.3) is 0 Å². The molecule has 0 fully saturated rings. The van der Waals surface area contributed by atoms with Gasteiger partial charge in [0.15, 0.2) is 0 Å². The van der Waals surface area contributed by atoms with Crippen LogP contribution < -0.4 is 15.4 Å². The van der Waals surface area contributed by atoms with Gasteiger partial charge in [0.1, 0.15) is 11.6 Å². The van der Waals surface area contributed by atoms with Crippen molar-refractivity contribution in [3.05, 3.63) is 48.5 Å². The minimum absolute atomic E-state index is 0.114. The Labute approximate surface area is 149 Å². The number of hydrogen-bond acceptors (Lipinski definition) is 4. The second kappa shape index (κ2) is 9.20. The molecule has 0 spiro atoms. The fourth-order valence-electron chi connectivity index (χ4n) is 1.89. The second-order valence-electron chi connectivity index (χ2n) is 4.74. The largest absolute Gasteiger partial charge is 0.497 e. The van der Waals surface area contributed by atoms with Gasteiger partial charge in [-0.2, -0.15) is 0 Å². The molecule has 2 amide bonds. The van der Waals surface area contributed by atoms with Crippen molar-refractivity contribution in [3.63, 3.8) is 0 Å². The molecule has 2 aromatic carbocycles. The number of anilines is 2. The number of carbonyl (C=O) groups excluding carboxylic acids is 2. The number of rotatable bonds is 7. The molecule has 2 aromatic rings. The zero-order valence-corrected chi connectivity index (χ0v) is 14.6. The molecule has 0 atom stereocenters. The molecular weight excluding hydrogens is 348 g/mol.